The highest BCUT2D eigenvalue weighted by atomic mass is 16.4. The van der Waals surface area contributed by atoms with Gasteiger partial charge in [-0.3, -0.25) is 9.59 Å². The number of aryl methyl sites for hydroxylation is 1. The van der Waals surface area contributed by atoms with Crippen molar-refractivity contribution in [2.75, 3.05) is 6.54 Å². The predicted octanol–water partition coefficient (Wildman–Crippen LogP) is 1.20. The lowest BCUT2D eigenvalue weighted by molar-refractivity contribution is -0.137. The summed E-state index contributed by atoms with van der Waals surface area (Å²) in [6.45, 7) is 0.385. The summed E-state index contributed by atoms with van der Waals surface area (Å²) >= 11 is 0. The fourth-order valence-electron chi connectivity index (χ4n) is 2.30. The van der Waals surface area contributed by atoms with E-state index in [4.69, 9.17) is 5.11 Å². The number of nitrogens with one attached hydrogen (secondary N) is 2. The van der Waals surface area contributed by atoms with Crippen molar-refractivity contribution in [1.29, 1.82) is 0 Å². The van der Waals surface area contributed by atoms with E-state index >= 15 is 0 Å². The van der Waals surface area contributed by atoms with Gasteiger partial charge in [0.1, 0.15) is 0 Å². The number of para-hydroxylation sites is 1. The fraction of sp³-hybridized carbons (Fsp3) is 0.312. The first-order chi connectivity index (χ1) is 11.0. The molecule has 0 atom stereocenters. The lowest BCUT2D eigenvalue weighted by atomic mass is 10.1. The molecule has 3 N–H and O–H groups in total. The summed E-state index contributed by atoms with van der Waals surface area (Å²) in [5.41, 5.74) is 1.17. The van der Waals surface area contributed by atoms with E-state index < -0.39 is 12.0 Å². The maximum atomic E-state index is 12.3. The van der Waals surface area contributed by atoms with Crippen LogP contribution in [-0.2, 0) is 18.4 Å². The molecule has 2 rings (SSSR count). The molecule has 23 heavy (non-hydrogen) atoms. The van der Waals surface area contributed by atoms with Crippen LogP contribution in [0.15, 0.2) is 35.1 Å². The number of aliphatic carboxylic acids is 1. The third kappa shape index (κ3) is 4.32. The number of rotatable bonds is 6. The third-order valence-corrected chi connectivity index (χ3v) is 3.50. The molecule has 0 unspecified atom stereocenters. The van der Waals surface area contributed by atoms with Gasteiger partial charge in [-0.1, -0.05) is 18.2 Å². The van der Waals surface area contributed by atoms with E-state index in [1.165, 1.54) is 0 Å². The molecule has 0 saturated heterocycles. The van der Waals surface area contributed by atoms with Crippen LogP contribution in [-0.4, -0.2) is 28.2 Å². The molecule has 0 spiro atoms. The minimum Gasteiger partial charge on any atom is -0.481 e. The molecule has 1 aromatic carbocycles. The molecule has 7 heteroatoms. The van der Waals surface area contributed by atoms with Crippen molar-refractivity contribution >= 4 is 22.9 Å². The Bertz CT molecular complexity index is 782. The largest absolute Gasteiger partial charge is 0.481 e. The standard InChI is InChI=1S/C16H19N3O4/c1-19-13-6-3-2-5-11(13)9-12(15(19)22)10-18-16(23)17-8-4-7-14(20)21/h2-3,5-6,9H,4,7-8,10H2,1H3,(H,20,21)(H2,17,18,23). The highest BCUT2D eigenvalue weighted by molar-refractivity contribution is 5.79. The zero-order valence-corrected chi connectivity index (χ0v) is 12.8. The number of aromatic nitrogens is 1. The van der Waals surface area contributed by atoms with E-state index in [1.807, 2.05) is 24.3 Å². The topological polar surface area (TPSA) is 100 Å². The normalized spacial score (nSPS) is 10.5. The molecule has 1 heterocycles. The molecule has 122 valence electrons. The van der Waals surface area contributed by atoms with Gasteiger partial charge in [-0.15, -0.1) is 0 Å². The number of amides is 2. The highest BCUT2D eigenvalue weighted by Crippen LogP contribution is 2.12. The molecule has 1 aromatic heterocycles. The molecule has 7 nitrogen and oxygen atoms in total. The second kappa shape index (κ2) is 7.44. The smallest absolute Gasteiger partial charge is 0.315 e. The monoisotopic (exact) mass is 317 g/mol. The summed E-state index contributed by atoms with van der Waals surface area (Å²) in [5, 5.41) is 14.6. The predicted molar refractivity (Wildman–Crippen MR) is 86.3 cm³/mol. The van der Waals surface area contributed by atoms with Gasteiger partial charge in [-0.25, -0.2) is 4.79 Å². The van der Waals surface area contributed by atoms with Crippen LogP contribution in [0.1, 0.15) is 18.4 Å². The van der Waals surface area contributed by atoms with Gasteiger partial charge < -0.3 is 20.3 Å². The van der Waals surface area contributed by atoms with Crippen LogP contribution in [0.25, 0.3) is 10.9 Å². The van der Waals surface area contributed by atoms with E-state index in [0.717, 1.165) is 10.9 Å². The number of carbonyl (C=O) groups is 2. The fourth-order valence-corrected chi connectivity index (χ4v) is 2.30. The number of nitrogens with zero attached hydrogens (tertiary/aromatic N) is 1. The number of pyridine rings is 1. The van der Waals surface area contributed by atoms with Crippen LogP contribution >= 0.6 is 0 Å². The average Bonchev–Trinajstić information content (AvgIpc) is 2.53. The molecule has 2 amide bonds. The summed E-state index contributed by atoms with van der Waals surface area (Å²) in [6.07, 6.45) is 0.367. The van der Waals surface area contributed by atoms with Crippen molar-refractivity contribution in [2.24, 2.45) is 7.05 Å². The van der Waals surface area contributed by atoms with Crippen molar-refractivity contribution < 1.29 is 14.7 Å². The van der Waals surface area contributed by atoms with Crippen LogP contribution < -0.4 is 16.2 Å². The molecule has 2 aromatic rings. The van der Waals surface area contributed by atoms with Crippen LogP contribution in [0.4, 0.5) is 4.79 Å². The maximum Gasteiger partial charge on any atom is 0.315 e. The van der Waals surface area contributed by atoms with Gasteiger partial charge >= 0.3 is 12.0 Å². The van der Waals surface area contributed by atoms with Crippen LogP contribution in [0.3, 0.4) is 0 Å². The van der Waals surface area contributed by atoms with Crippen molar-refractivity contribution in [1.82, 2.24) is 15.2 Å². The Morgan fingerprint density at radius 3 is 2.70 bits per heavy atom. The Labute approximate surface area is 132 Å². The summed E-state index contributed by atoms with van der Waals surface area (Å²) < 4.78 is 1.55. The Morgan fingerprint density at radius 1 is 1.22 bits per heavy atom. The van der Waals surface area contributed by atoms with Gasteiger partial charge in [0.05, 0.1) is 5.52 Å². The quantitative estimate of drug-likeness (QED) is 0.697. The van der Waals surface area contributed by atoms with E-state index in [2.05, 4.69) is 10.6 Å². The Kier molecular flexibility index (Phi) is 5.35. The Morgan fingerprint density at radius 2 is 1.96 bits per heavy atom. The zero-order valence-electron chi connectivity index (χ0n) is 12.8. The van der Waals surface area contributed by atoms with Crippen molar-refractivity contribution in [2.45, 2.75) is 19.4 Å². The second-order valence-corrected chi connectivity index (χ2v) is 5.20. The maximum absolute atomic E-state index is 12.3. The number of hydrogen-bond donors (Lipinski definition) is 3. The van der Waals surface area contributed by atoms with E-state index in [-0.39, 0.29) is 25.1 Å². The van der Waals surface area contributed by atoms with Crippen LogP contribution in [0.2, 0.25) is 0 Å². The minimum atomic E-state index is -0.896. The number of hydrogen-bond acceptors (Lipinski definition) is 3. The Balaban J connectivity index is 1.97. The summed E-state index contributed by atoms with van der Waals surface area (Å²) in [4.78, 5) is 34.3. The van der Waals surface area contributed by atoms with Crippen LogP contribution in [0, 0.1) is 0 Å². The van der Waals surface area contributed by atoms with Gasteiger partial charge in [0.25, 0.3) is 5.56 Å². The number of carbonyl (C=O) groups excluding carboxylic acids is 1. The summed E-state index contributed by atoms with van der Waals surface area (Å²) in [7, 11) is 1.69. The Hall–Kier alpha value is -2.83. The molecule has 0 radical (unpaired) electrons. The first kappa shape index (κ1) is 16.5. The number of benzene rings is 1. The lowest BCUT2D eigenvalue weighted by Gasteiger charge is -2.10. The van der Waals surface area contributed by atoms with Gasteiger partial charge in [0.15, 0.2) is 0 Å². The van der Waals surface area contributed by atoms with Gasteiger partial charge in [0.2, 0.25) is 0 Å². The molecule has 0 fully saturated rings. The molecular formula is C16H19N3O4. The summed E-state index contributed by atoms with van der Waals surface area (Å²) in [6, 6.07) is 8.87. The molecule has 0 aliphatic rings. The number of carboxylic acid groups (broad SMARTS) is 1. The minimum absolute atomic E-state index is 0.00545. The molecule has 0 saturated carbocycles. The molecular weight excluding hydrogens is 298 g/mol. The zero-order chi connectivity index (χ0) is 16.8. The number of fused-ring (bicyclic) bond motifs is 1. The summed E-state index contributed by atoms with van der Waals surface area (Å²) in [5.74, 6) is -0.896. The van der Waals surface area contributed by atoms with Gasteiger partial charge in [0, 0.05) is 32.1 Å². The van der Waals surface area contributed by atoms with Crippen molar-refractivity contribution in [3.05, 3.63) is 46.2 Å². The van der Waals surface area contributed by atoms with Gasteiger partial charge in [-0.2, -0.15) is 0 Å². The van der Waals surface area contributed by atoms with Crippen molar-refractivity contribution in [3.8, 4) is 0 Å². The average molecular weight is 317 g/mol. The van der Waals surface area contributed by atoms with Crippen LogP contribution in [0.5, 0.6) is 0 Å². The second-order valence-electron chi connectivity index (χ2n) is 5.20. The lowest BCUT2D eigenvalue weighted by Crippen LogP contribution is -2.37. The number of carboxylic acids is 1. The first-order valence-corrected chi connectivity index (χ1v) is 7.30. The van der Waals surface area contributed by atoms with E-state index in [1.54, 1.807) is 17.7 Å². The SMILES string of the molecule is Cn1c(=O)c(CNC(=O)NCCCC(=O)O)cc2ccccc21. The number of urea groups is 1. The van der Waals surface area contributed by atoms with E-state index in [9.17, 15) is 14.4 Å². The molecule has 0 aliphatic carbocycles. The molecule has 0 aliphatic heterocycles. The molecule has 0 bridgehead atoms. The first-order valence-electron chi connectivity index (χ1n) is 7.30. The van der Waals surface area contributed by atoms with Gasteiger partial charge in [-0.05, 0) is 23.9 Å². The highest BCUT2D eigenvalue weighted by Gasteiger charge is 2.08. The third-order valence-electron chi connectivity index (χ3n) is 3.50. The van der Waals surface area contributed by atoms with E-state index in [0.29, 0.717) is 12.0 Å². The van der Waals surface area contributed by atoms with Crippen molar-refractivity contribution in [3.63, 3.8) is 0 Å².